The minimum Gasteiger partial charge on any atom is -0.354 e. The van der Waals surface area contributed by atoms with Crippen molar-refractivity contribution in [2.24, 2.45) is 0 Å². The molecule has 2 aromatic rings. The monoisotopic (exact) mass is 491 g/mol. The van der Waals surface area contributed by atoms with Crippen LogP contribution in [-0.2, 0) is 32.6 Å². The Hall–Kier alpha value is -2.94. The van der Waals surface area contributed by atoms with Gasteiger partial charge in [0.15, 0.2) is 0 Å². The Morgan fingerprint density at radius 1 is 1.03 bits per heavy atom. The zero-order valence-corrected chi connectivity index (χ0v) is 21.1. The Balaban J connectivity index is 2.40. The van der Waals surface area contributed by atoms with Gasteiger partial charge >= 0.3 is 0 Å². The summed E-state index contributed by atoms with van der Waals surface area (Å²) in [5, 5.41) is 2.79. The summed E-state index contributed by atoms with van der Waals surface area (Å²) in [4.78, 5) is 27.5. The molecule has 1 N–H and O–H groups in total. The maximum absolute atomic E-state index is 14.4. The first-order valence-electron chi connectivity index (χ1n) is 11.5. The van der Waals surface area contributed by atoms with Crippen molar-refractivity contribution in [1.29, 1.82) is 0 Å². The number of carbonyl (C=O) groups excluding carboxylic acids is 2. The number of anilines is 1. The lowest BCUT2D eigenvalue weighted by Crippen LogP contribution is -2.51. The lowest BCUT2D eigenvalue weighted by atomic mass is 10.1. The standard InChI is InChI=1S/C25H34FN3O4S/c1-5-7-16-27-25(31)19(3)28(17-21-13-8-10-14-22(21)26)24(30)18-29(34(4,32)33)23-15-11-9-12-20(23)6-2/h8-15,19H,5-7,16-18H2,1-4H3,(H,27,31)/t19-/m1/s1. The van der Waals surface area contributed by atoms with Crippen molar-refractivity contribution in [3.05, 3.63) is 65.5 Å². The van der Waals surface area contributed by atoms with Gasteiger partial charge in [0, 0.05) is 18.7 Å². The van der Waals surface area contributed by atoms with Gasteiger partial charge in [0.05, 0.1) is 11.9 Å². The predicted molar refractivity (Wildman–Crippen MR) is 132 cm³/mol. The molecule has 0 aromatic heterocycles. The largest absolute Gasteiger partial charge is 0.354 e. The number of carbonyl (C=O) groups is 2. The first-order chi connectivity index (χ1) is 16.1. The number of aryl methyl sites for hydroxylation is 1. The molecule has 0 saturated heterocycles. The summed E-state index contributed by atoms with van der Waals surface area (Å²) in [6.07, 6.45) is 3.29. The number of halogens is 1. The van der Waals surface area contributed by atoms with Crippen LogP contribution in [0.15, 0.2) is 48.5 Å². The summed E-state index contributed by atoms with van der Waals surface area (Å²) >= 11 is 0. The number of benzene rings is 2. The van der Waals surface area contributed by atoms with Crippen molar-refractivity contribution < 1.29 is 22.4 Å². The predicted octanol–water partition coefficient (Wildman–Crippen LogP) is 3.49. The molecule has 0 spiro atoms. The molecule has 2 aromatic carbocycles. The fourth-order valence-corrected chi connectivity index (χ4v) is 4.46. The van der Waals surface area contributed by atoms with Crippen LogP contribution in [0.2, 0.25) is 0 Å². The molecule has 0 heterocycles. The minimum atomic E-state index is -3.81. The van der Waals surface area contributed by atoms with E-state index >= 15 is 0 Å². The van der Waals surface area contributed by atoms with E-state index in [-0.39, 0.29) is 18.0 Å². The van der Waals surface area contributed by atoms with Gasteiger partial charge < -0.3 is 10.2 Å². The van der Waals surface area contributed by atoms with Crippen molar-refractivity contribution >= 4 is 27.5 Å². The van der Waals surface area contributed by atoms with E-state index in [4.69, 9.17) is 0 Å². The molecular weight excluding hydrogens is 457 g/mol. The van der Waals surface area contributed by atoms with Crippen LogP contribution < -0.4 is 9.62 Å². The maximum Gasteiger partial charge on any atom is 0.244 e. The number of unbranched alkanes of at least 4 members (excludes halogenated alkanes) is 1. The number of nitrogens with one attached hydrogen (secondary N) is 1. The van der Waals surface area contributed by atoms with E-state index in [1.54, 1.807) is 43.3 Å². The van der Waals surface area contributed by atoms with E-state index in [2.05, 4.69) is 5.32 Å². The van der Waals surface area contributed by atoms with Crippen LogP contribution in [0.1, 0.15) is 44.7 Å². The smallest absolute Gasteiger partial charge is 0.244 e. The molecule has 9 heteroatoms. The van der Waals surface area contributed by atoms with E-state index in [1.807, 2.05) is 13.8 Å². The molecule has 0 radical (unpaired) electrons. The van der Waals surface area contributed by atoms with Gasteiger partial charge in [-0.25, -0.2) is 12.8 Å². The molecule has 186 valence electrons. The van der Waals surface area contributed by atoms with Crippen molar-refractivity contribution in [2.45, 2.75) is 52.6 Å². The average molecular weight is 492 g/mol. The Kier molecular flexibility index (Phi) is 10.0. The molecule has 2 rings (SSSR count). The van der Waals surface area contributed by atoms with Gasteiger partial charge in [0.25, 0.3) is 0 Å². The van der Waals surface area contributed by atoms with Gasteiger partial charge in [-0.05, 0) is 37.5 Å². The lowest BCUT2D eigenvalue weighted by molar-refractivity contribution is -0.139. The van der Waals surface area contributed by atoms with Crippen molar-refractivity contribution in [1.82, 2.24) is 10.2 Å². The Bertz CT molecular complexity index is 1090. The summed E-state index contributed by atoms with van der Waals surface area (Å²) in [5.74, 6) is -1.48. The van der Waals surface area contributed by atoms with Crippen molar-refractivity contribution in [3.63, 3.8) is 0 Å². The van der Waals surface area contributed by atoms with Gasteiger partial charge in [0.2, 0.25) is 21.8 Å². The number of hydrogen-bond donors (Lipinski definition) is 1. The summed E-state index contributed by atoms with van der Waals surface area (Å²) < 4.78 is 40.8. The van der Waals surface area contributed by atoms with Gasteiger partial charge in [-0.3, -0.25) is 13.9 Å². The fourth-order valence-electron chi connectivity index (χ4n) is 3.58. The number of sulfonamides is 1. The zero-order chi connectivity index (χ0) is 25.3. The summed E-state index contributed by atoms with van der Waals surface area (Å²) in [6.45, 7) is 5.25. The molecule has 0 bridgehead atoms. The highest BCUT2D eigenvalue weighted by Crippen LogP contribution is 2.24. The lowest BCUT2D eigenvalue weighted by Gasteiger charge is -2.32. The fraction of sp³-hybridized carbons (Fsp3) is 0.440. The number of rotatable bonds is 12. The molecule has 7 nitrogen and oxygen atoms in total. The molecule has 2 amide bonds. The van der Waals surface area contributed by atoms with Crippen LogP contribution in [0, 0.1) is 5.82 Å². The average Bonchev–Trinajstić information content (AvgIpc) is 2.80. The first kappa shape index (κ1) is 27.3. The molecule has 0 aliphatic rings. The normalized spacial score (nSPS) is 12.1. The molecule has 1 atom stereocenters. The van der Waals surface area contributed by atoms with E-state index in [0.717, 1.165) is 29.0 Å². The molecule has 34 heavy (non-hydrogen) atoms. The number of hydrogen-bond acceptors (Lipinski definition) is 4. The highest BCUT2D eigenvalue weighted by atomic mass is 32.2. The van der Waals surface area contributed by atoms with Crippen LogP contribution in [0.25, 0.3) is 0 Å². The van der Waals surface area contributed by atoms with Crippen LogP contribution in [0.4, 0.5) is 10.1 Å². The third kappa shape index (κ3) is 7.28. The molecule has 0 aliphatic carbocycles. The van der Waals surface area contributed by atoms with E-state index in [0.29, 0.717) is 18.7 Å². The van der Waals surface area contributed by atoms with E-state index in [9.17, 15) is 22.4 Å². The van der Waals surface area contributed by atoms with Gasteiger partial charge in [-0.2, -0.15) is 0 Å². The van der Waals surface area contributed by atoms with Crippen LogP contribution in [0.5, 0.6) is 0 Å². The molecule has 0 unspecified atom stereocenters. The Morgan fingerprint density at radius 3 is 2.24 bits per heavy atom. The Labute approximate surface area is 202 Å². The zero-order valence-electron chi connectivity index (χ0n) is 20.3. The van der Waals surface area contributed by atoms with E-state index in [1.165, 1.54) is 17.0 Å². The highest BCUT2D eigenvalue weighted by molar-refractivity contribution is 7.92. The van der Waals surface area contributed by atoms with Crippen molar-refractivity contribution in [2.75, 3.05) is 23.7 Å². The van der Waals surface area contributed by atoms with Gasteiger partial charge in [-0.15, -0.1) is 0 Å². The summed E-state index contributed by atoms with van der Waals surface area (Å²) in [7, 11) is -3.81. The second kappa shape index (κ2) is 12.5. The van der Waals surface area contributed by atoms with Gasteiger partial charge in [-0.1, -0.05) is 56.7 Å². The van der Waals surface area contributed by atoms with Gasteiger partial charge in [0.1, 0.15) is 18.4 Å². The first-order valence-corrected chi connectivity index (χ1v) is 13.3. The molecule has 0 saturated carbocycles. The van der Waals surface area contributed by atoms with Crippen LogP contribution in [0.3, 0.4) is 0 Å². The van der Waals surface area contributed by atoms with Crippen LogP contribution >= 0.6 is 0 Å². The highest BCUT2D eigenvalue weighted by Gasteiger charge is 2.31. The third-order valence-corrected chi connectivity index (χ3v) is 6.74. The Morgan fingerprint density at radius 2 is 1.65 bits per heavy atom. The second-order valence-corrected chi connectivity index (χ2v) is 10.1. The van der Waals surface area contributed by atoms with Crippen molar-refractivity contribution in [3.8, 4) is 0 Å². The molecular formula is C25H34FN3O4S. The summed E-state index contributed by atoms with van der Waals surface area (Å²) in [5.41, 5.74) is 1.42. The molecule has 0 fully saturated rings. The molecule has 0 aliphatic heterocycles. The summed E-state index contributed by atoms with van der Waals surface area (Å²) in [6, 6.07) is 12.0. The van der Waals surface area contributed by atoms with Crippen LogP contribution in [-0.4, -0.2) is 50.5 Å². The number of para-hydroxylation sites is 1. The second-order valence-electron chi connectivity index (χ2n) is 8.19. The third-order valence-electron chi connectivity index (χ3n) is 5.62. The minimum absolute atomic E-state index is 0.166. The topological polar surface area (TPSA) is 86.8 Å². The quantitative estimate of drug-likeness (QED) is 0.461. The number of nitrogens with zero attached hydrogens (tertiary/aromatic N) is 2. The van der Waals surface area contributed by atoms with E-state index < -0.39 is 34.3 Å². The maximum atomic E-state index is 14.4. The SMILES string of the molecule is CCCCNC(=O)[C@@H](C)N(Cc1ccccc1F)C(=O)CN(c1ccccc1CC)S(C)(=O)=O. The number of amides is 2.